The first-order valence-corrected chi connectivity index (χ1v) is 6.56. The summed E-state index contributed by atoms with van der Waals surface area (Å²) < 4.78 is 0. The normalized spacial score (nSPS) is 14.8. The number of aliphatic hydroxyl groups excluding tert-OH is 1. The molecule has 1 aromatic rings. The number of aliphatic carboxylic acids is 1. The molecule has 3 nitrogen and oxygen atoms in total. The van der Waals surface area contributed by atoms with Crippen LogP contribution in [0.4, 0.5) is 0 Å². The lowest BCUT2D eigenvalue weighted by Gasteiger charge is -2.16. The molecule has 0 aliphatic carbocycles. The third-order valence-corrected chi connectivity index (χ3v) is 3.00. The molecule has 104 valence electrons. The van der Waals surface area contributed by atoms with E-state index in [2.05, 4.69) is 13.8 Å². The maximum absolute atomic E-state index is 11.2. The summed E-state index contributed by atoms with van der Waals surface area (Å²) in [6, 6.07) is 7.28. The van der Waals surface area contributed by atoms with Gasteiger partial charge in [0.1, 0.15) is 5.92 Å². The van der Waals surface area contributed by atoms with E-state index in [0.29, 0.717) is 11.5 Å². The first-order chi connectivity index (χ1) is 8.91. The molecule has 0 heterocycles. The topological polar surface area (TPSA) is 57.5 Å². The number of rotatable bonds is 6. The number of benzene rings is 1. The Kier molecular flexibility index (Phi) is 5.77. The van der Waals surface area contributed by atoms with Crippen molar-refractivity contribution in [3.63, 3.8) is 0 Å². The van der Waals surface area contributed by atoms with Crippen LogP contribution in [-0.2, 0) is 4.79 Å². The Labute approximate surface area is 114 Å². The van der Waals surface area contributed by atoms with Gasteiger partial charge in [-0.15, -0.1) is 0 Å². The minimum absolute atomic E-state index is 0.474. The predicted molar refractivity (Wildman–Crippen MR) is 75.9 cm³/mol. The molecule has 1 rings (SSSR count). The van der Waals surface area contributed by atoms with Crippen molar-refractivity contribution in [2.24, 2.45) is 11.8 Å². The smallest absolute Gasteiger partial charge is 0.313 e. The first-order valence-electron chi connectivity index (χ1n) is 6.56. The number of aliphatic hydroxyl groups is 1. The number of allylic oxidation sites excluding steroid dienone is 1. The summed E-state index contributed by atoms with van der Waals surface area (Å²) in [5.41, 5.74) is 1.71. The van der Waals surface area contributed by atoms with Crippen LogP contribution in [0.3, 0.4) is 0 Å². The van der Waals surface area contributed by atoms with E-state index in [1.807, 2.05) is 25.1 Å². The van der Waals surface area contributed by atoms with Crippen molar-refractivity contribution in [3.8, 4) is 0 Å². The Balaban J connectivity index is 2.83. The van der Waals surface area contributed by atoms with Crippen molar-refractivity contribution in [2.45, 2.75) is 33.3 Å². The van der Waals surface area contributed by atoms with Crippen LogP contribution < -0.4 is 0 Å². The zero-order valence-electron chi connectivity index (χ0n) is 11.7. The van der Waals surface area contributed by atoms with E-state index >= 15 is 0 Å². The van der Waals surface area contributed by atoms with Crippen molar-refractivity contribution in [1.82, 2.24) is 0 Å². The highest BCUT2D eigenvalue weighted by atomic mass is 16.4. The lowest BCUT2D eigenvalue weighted by atomic mass is 9.94. The maximum atomic E-state index is 11.2. The Morgan fingerprint density at radius 3 is 2.32 bits per heavy atom. The summed E-state index contributed by atoms with van der Waals surface area (Å²) in [5.74, 6) is -1.43. The van der Waals surface area contributed by atoms with Crippen LogP contribution in [0.25, 0.3) is 0 Å². The van der Waals surface area contributed by atoms with Gasteiger partial charge in [0.15, 0.2) is 0 Å². The molecule has 2 atom stereocenters. The van der Waals surface area contributed by atoms with Gasteiger partial charge >= 0.3 is 5.97 Å². The standard InChI is InChI=1S/C16H22O3/c1-11(2)5-4-6-14(16(18)19)15(17)13-9-7-12(3)8-10-13/h4,6-11,14-15,17H,5H2,1-3H3,(H,18,19)/b6-4+. The van der Waals surface area contributed by atoms with E-state index in [4.69, 9.17) is 0 Å². The SMILES string of the molecule is Cc1ccc(C(O)C(/C=C/CC(C)C)C(=O)O)cc1. The van der Waals surface area contributed by atoms with E-state index in [1.165, 1.54) is 0 Å². The quantitative estimate of drug-likeness (QED) is 0.773. The Morgan fingerprint density at radius 2 is 1.84 bits per heavy atom. The van der Waals surface area contributed by atoms with Crippen molar-refractivity contribution >= 4 is 5.97 Å². The molecule has 0 aliphatic rings. The number of hydrogen-bond acceptors (Lipinski definition) is 2. The Hall–Kier alpha value is -1.61. The van der Waals surface area contributed by atoms with E-state index < -0.39 is 18.0 Å². The van der Waals surface area contributed by atoms with Crippen molar-refractivity contribution in [3.05, 3.63) is 47.5 Å². The van der Waals surface area contributed by atoms with Gasteiger partial charge in [-0.3, -0.25) is 4.79 Å². The van der Waals surface area contributed by atoms with Gasteiger partial charge in [0.25, 0.3) is 0 Å². The first kappa shape index (κ1) is 15.4. The van der Waals surface area contributed by atoms with E-state index in [9.17, 15) is 15.0 Å². The average Bonchev–Trinajstić information content (AvgIpc) is 2.34. The van der Waals surface area contributed by atoms with Gasteiger partial charge < -0.3 is 10.2 Å². The monoisotopic (exact) mass is 262 g/mol. The number of carboxylic acid groups (broad SMARTS) is 1. The summed E-state index contributed by atoms with van der Waals surface area (Å²) in [6.07, 6.45) is 3.22. The Morgan fingerprint density at radius 1 is 1.26 bits per heavy atom. The fourth-order valence-corrected chi connectivity index (χ4v) is 1.79. The lowest BCUT2D eigenvalue weighted by molar-refractivity contribution is -0.143. The molecular weight excluding hydrogens is 240 g/mol. The van der Waals surface area contributed by atoms with Crippen LogP contribution in [0.15, 0.2) is 36.4 Å². The molecule has 0 bridgehead atoms. The summed E-state index contributed by atoms with van der Waals surface area (Å²) in [6.45, 7) is 6.08. The highest BCUT2D eigenvalue weighted by Gasteiger charge is 2.25. The molecule has 0 aliphatic heterocycles. The van der Waals surface area contributed by atoms with Crippen LogP contribution in [0.2, 0.25) is 0 Å². The average molecular weight is 262 g/mol. The molecule has 0 saturated heterocycles. The highest BCUT2D eigenvalue weighted by Crippen LogP contribution is 2.24. The number of hydrogen-bond donors (Lipinski definition) is 2. The number of aryl methyl sites for hydroxylation is 1. The molecule has 0 fully saturated rings. The van der Waals surface area contributed by atoms with Gasteiger partial charge in [0.2, 0.25) is 0 Å². The second kappa shape index (κ2) is 7.10. The van der Waals surface area contributed by atoms with Gasteiger partial charge in [-0.1, -0.05) is 55.8 Å². The molecule has 19 heavy (non-hydrogen) atoms. The molecule has 0 radical (unpaired) electrons. The zero-order valence-corrected chi connectivity index (χ0v) is 11.7. The van der Waals surface area contributed by atoms with Gasteiger partial charge in [0.05, 0.1) is 6.10 Å². The molecule has 0 aromatic heterocycles. The van der Waals surface area contributed by atoms with E-state index in [-0.39, 0.29) is 0 Å². The fourth-order valence-electron chi connectivity index (χ4n) is 1.79. The summed E-state index contributed by atoms with van der Waals surface area (Å²) in [5, 5.41) is 19.4. The largest absolute Gasteiger partial charge is 0.481 e. The van der Waals surface area contributed by atoms with E-state index in [0.717, 1.165) is 12.0 Å². The van der Waals surface area contributed by atoms with Crippen molar-refractivity contribution in [2.75, 3.05) is 0 Å². The number of carboxylic acids is 1. The summed E-state index contributed by atoms with van der Waals surface area (Å²) >= 11 is 0. The van der Waals surface area contributed by atoms with Crippen LogP contribution in [-0.4, -0.2) is 16.2 Å². The second-order valence-corrected chi connectivity index (χ2v) is 5.28. The highest BCUT2D eigenvalue weighted by molar-refractivity contribution is 5.73. The maximum Gasteiger partial charge on any atom is 0.313 e. The number of carbonyl (C=O) groups is 1. The molecule has 2 unspecified atom stereocenters. The van der Waals surface area contributed by atoms with Crippen molar-refractivity contribution in [1.29, 1.82) is 0 Å². The van der Waals surface area contributed by atoms with Gasteiger partial charge in [-0.2, -0.15) is 0 Å². The third-order valence-electron chi connectivity index (χ3n) is 3.00. The van der Waals surface area contributed by atoms with Crippen LogP contribution in [0, 0.1) is 18.8 Å². The second-order valence-electron chi connectivity index (χ2n) is 5.28. The zero-order chi connectivity index (χ0) is 14.4. The molecular formula is C16H22O3. The minimum atomic E-state index is -1.01. The Bertz CT molecular complexity index is 432. The van der Waals surface area contributed by atoms with Crippen LogP contribution >= 0.6 is 0 Å². The summed E-state index contributed by atoms with van der Waals surface area (Å²) in [4.78, 5) is 11.2. The van der Waals surface area contributed by atoms with Gasteiger partial charge in [-0.05, 0) is 24.8 Å². The lowest BCUT2D eigenvalue weighted by Crippen LogP contribution is -2.20. The third kappa shape index (κ3) is 4.87. The van der Waals surface area contributed by atoms with E-state index in [1.54, 1.807) is 18.2 Å². The van der Waals surface area contributed by atoms with Crippen molar-refractivity contribution < 1.29 is 15.0 Å². The van der Waals surface area contributed by atoms with Crippen LogP contribution in [0.5, 0.6) is 0 Å². The molecule has 0 amide bonds. The summed E-state index contributed by atoms with van der Waals surface area (Å²) in [7, 11) is 0. The fraction of sp³-hybridized carbons (Fsp3) is 0.438. The molecule has 0 saturated carbocycles. The molecule has 1 aromatic carbocycles. The minimum Gasteiger partial charge on any atom is -0.481 e. The molecule has 0 spiro atoms. The molecule has 2 N–H and O–H groups in total. The predicted octanol–water partition coefficient (Wildman–Crippen LogP) is 3.33. The molecule has 3 heteroatoms. The van der Waals surface area contributed by atoms with Gasteiger partial charge in [0, 0.05) is 0 Å². The van der Waals surface area contributed by atoms with Crippen LogP contribution in [0.1, 0.15) is 37.5 Å². The van der Waals surface area contributed by atoms with Gasteiger partial charge in [-0.25, -0.2) is 0 Å².